The number of nitrogens with zero attached hydrogens (tertiary/aromatic N) is 1. The Balaban J connectivity index is 1.45. The Labute approximate surface area is 184 Å². The number of halogens is 1. The molecule has 0 amide bonds. The van der Waals surface area contributed by atoms with Crippen LogP contribution in [0.25, 0.3) is 10.9 Å². The van der Waals surface area contributed by atoms with Gasteiger partial charge >= 0.3 is 0 Å². The van der Waals surface area contributed by atoms with Crippen molar-refractivity contribution in [3.63, 3.8) is 0 Å². The standard InChI is InChI=1S/C25H25FN2O4/c26-20-4-1-17(2-5-20)15-28-11-9-18(10-12-29)24(28)14-21(30)16-32-22-6-7-23-19(13-22)3-8-25(31)27-23/h1-9,11,13,21,29-30H,10,12,14-16H2,(H,27,31). The molecule has 0 saturated carbocycles. The molecule has 1 atom stereocenters. The highest BCUT2D eigenvalue weighted by Crippen LogP contribution is 2.20. The van der Waals surface area contributed by atoms with Gasteiger partial charge in [-0.05, 0) is 60.0 Å². The number of fused-ring (bicyclic) bond motifs is 1. The Kier molecular flexibility index (Phi) is 6.68. The van der Waals surface area contributed by atoms with Gasteiger partial charge in [0.15, 0.2) is 0 Å². The molecule has 0 spiro atoms. The van der Waals surface area contributed by atoms with E-state index in [1.54, 1.807) is 30.3 Å². The maximum Gasteiger partial charge on any atom is 0.248 e. The van der Waals surface area contributed by atoms with Gasteiger partial charge in [-0.1, -0.05) is 12.1 Å². The lowest BCUT2D eigenvalue weighted by molar-refractivity contribution is 0.106. The number of aliphatic hydroxyl groups is 2. The number of hydrogen-bond donors (Lipinski definition) is 3. The van der Waals surface area contributed by atoms with Crippen LogP contribution in [0, 0.1) is 5.82 Å². The highest BCUT2D eigenvalue weighted by molar-refractivity contribution is 5.79. The minimum absolute atomic E-state index is 0.0132. The summed E-state index contributed by atoms with van der Waals surface area (Å²) >= 11 is 0. The number of aromatic amines is 1. The quantitative estimate of drug-likeness (QED) is 0.376. The van der Waals surface area contributed by atoms with Crippen molar-refractivity contribution in [1.29, 1.82) is 0 Å². The predicted molar refractivity (Wildman–Crippen MR) is 120 cm³/mol. The molecule has 4 rings (SSSR count). The van der Waals surface area contributed by atoms with Crippen LogP contribution in [0.4, 0.5) is 4.39 Å². The average molecular weight is 436 g/mol. The van der Waals surface area contributed by atoms with Crippen LogP contribution < -0.4 is 10.3 Å². The molecular weight excluding hydrogens is 411 g/mol. The zero-order valence-corrected chi connectivity index (χ0v) is 17.5. The Morgan fingerprint density at radius 1 is 1.06 bits per heavy atom. The zero-order valence-electron chi connectivity index (χ0n) is 17.5. The first kappa shape index (κ1) is 21.8. The lowest BCUT2D eigenvalue weighted by atomic mass is 10.1. The van der Waals surface area contributed by atoms with Gasteiger partial charge in [0.05, 0.1) is 6.10 Å². The van der Waals surface area contributed by atoms with E-state index in [2.05, 4.69) is 4.98 Å². The Bertz CT molecular complexity index is 1250. The lowest BCUT2D eigenvalue weighted by Gasteiger charge is -2.17. The number of aliphatic hydroxyl groups excluding tert-OH is 2. The average Bonchev–Trinajstić information content (AvgIpc) is 3.15. The van der Waals surface area contributed by atoms with Crippen LogP contribution in [0.1, 0.15) is 16.8 Å². The second-order valence-corrected chi connectivity index (χ2v) is 7.76. The number of rotatable bonds is 9. The van der Waals surface area contributed by atoms with Gasteiger partial charge in [0.2, 0.25) is 5.56 Å². The molecule has 2 aromatic heterocycles. The molecule has 32 heavy (non-hydrogen) atoms. The van der Waals surface area contributed by atoms with Crippen LogP contribution in [0.2, 0.25) is 0 Å². The Morgan fingerprint density at radius 3 is 2.66 bits per heavy atom. The minimum atomic E-state index is -0.763. The van der Waals surface area contributed by atoms with Crippen LogP contribution in [0.3, 0.4) is 0 Å². The van der Waals surface area contributed by atoms with Crippen molar-refractivity contribution in [1.82, 2.24) is 9.55 Å². The topological polar surface area (TPSA) is 87.5 Å². The fourth-order valence-corrected chi connectivity index (χ4v) is 3.78. The van der Waals surface area contributed by atoms with E-state index >= 15 is 0 Å². The van der Waals surface area contributed by atoms with E-state index in [-0.39, 0.29) is 24.6 Å². The first-order valence-electron chi connectivity index (χ1n) is 10.5. The van der Waals surface area contributed by atoms with Crippen LogP contribution in [-0.2, 0) is 19.4 Å². The van der Waals surface area contributed by atoms with Crippen LogP contribution in [-0.4, -0.2) is 39.1 Å². The van der Waals surface area contributed by atoms with Crippen molar-refractivity contribution < 1.29 is 19.3 Å². The summed E-state index contributed by atoms with van der Waals surface area (Å²) in [6.07, 6.45) is 1.99. The van der Waals surface area contributed by atoms with E-state index in [4.69, 9.17) is 4.74 Å². The normalized spacial score (nSPS) is 12.2. The maximum atomic E-state index is 13.2. The number of hydrogen-bond acceptors (Lipinski definition) is 4. The molecule has 6 nitrogen and oxygen atoms in total. The number of H-pyrrole nitrogens is 1. The summed E-state index contributed by atoms with van der Waals surface area (Å²) in [7, 11) is 0. The molecule has 4 aromatic rings. The molecule has 2 aromatic carbocycles. The third-order valence-electron chi connectivity index (χ3n) is 5.39. The van der Waals surface area contributed by atoms with E-state index in [0.29, 0.717) is 25.1 Å². The van der Waals surface area contributed by atoms with Gasteiger partial charge in [0.25, 0.3) is 0 Å². The van der Waals surface area contributed by atoms with E-state index in [0.717, 1.165) is 27.7 Å². The first-order chi connectivity index (χ1) is 15.5. The van der Waals surface area contributed by atoms with Gasteiger partial charge in [0, 0.05) is 48.4 Å². The van der Waals surface area contributed by atoms with Crippen molar-refractivity contribution in [3.05, 3.63) is 99.9 Å². The summed E-state index contributed by atoms with van der Waals surface area (Å²) in [5, 5.41) is 20.9. The molecule has 3 N–H and O–H groups in total. The molecule has 0 radical (unpaired) electrons. The van der Waals surface area contributed by atoms with E-state index in [9.17, 15) is 19.4 Å². The second kappa shape index (κ2) is 9.80. The highest BCUT2D eigenvalue weighted by atomic mass is 19.1. The van der Waals surface area contributed by atoms with Crippen molar-refractivity contribution in [2.75, 3.05) is 13.2 Å². The van der Waals surface area contributed by atoms with Gasteiger partial charge in [-0.15, -0.1) is 0 Å². The Hall–Kier alpha value is -3.42. The van der Waals surface area contributed by atoms with Crippen LogP contribution in [0.15, 0.2) is 71.7 Å². The summed E-state index contributed by atoms with van der Waals surface area (Å²) in [4.78, 5) is 14.2. The number of aromatic nitrogens is 2. The molecule has 0 fully saturated rings. The van der Waals surface area contributed by atoms with Gasteiger partial charge in [0.1, 0.15) is 18.2 Å². The molecule has 0 aliphatic heterocycles. The second-order valence-electron chi connectivity index (χ2n) is 7.76. The molecule has 166 valence electrons. The predicted octanol–water partition coefficient (Wildman–Crippen LogP) is 3.03. The first-order valence-corrected chi connectivity index (χ1v) is 10.5. The van der Waals surface area contributed by atoms with Crippen molar-refractivity contribution >= 4 is 10.9 Å². The molecule has 0 bridgehead atoms. The molecular formula is C25H25FN2O4. The number of ether oxygens (including phenoxy) is 1. The van der Waals surface area contributed by atoms with E-state index in [1.165, 1.54) is 18.2 Å². The van der Waals surface area contributed by atoms with Crippen LogP contribution >= 0.6 is 0 Å². The van der Waals surface area contributed by atoms with E-state index in [1.807, 2.05) is 22.9 Å². The third kappa shape index (κ3) is 5.25. The van der Waals surface area contributed by atoms with Crippen molar-refractivity contribution in [3.8, 4) is 5.75 Å². The summed E-state index contributed by atoms with van der Waals surface area (Å²) in [6.45, 7) is 0.645. The van der Waals surface area contributed by atoms with Crippen LogP contribution in [0.5, 0.6) is 5.75 Å². The van der Waals surface area contributed by atoms with Gasteiger partial charge < -0.3 is 24.5 Å². The molecule has 7 heteroatoms. The summed E-state index contributed by atoms with van der Waals surface area (Å²) in [6, 6.07) is 16.8. The SMILES string of the molecule is O=c1ccc2cc(OCC(O)Cc3c(CCO)ccn3Cc3ccc(F)cc3)ccc2[nH]1. The highest BCUT2D eigenvalue weighted by Gasteiger charge is 2.15. The van der Waals surface area contributed by atoms with Crippen molar-refractivity contribution in [2.24, 2.45) is 0 Å². The third-order valence-corrected chi connectivity index (χ3v) is 5.39. The maximum absolute atomic E-state index is 13.2. The summed E-state index contributed by atoms with van der Waals surface area (Å²) < 4.78 is 21.0. The minimum Gasteiger partial charge on any atom is -0.491 e. The zero-order chi connectivity index (χ0) is 22.5. The summed E-state index contributed by atoms with van der Waals surface area (Å²) in [5.74, 6) is 0.316. The number of nitrogens with one attached hydrogen (secondary N) is 1. The monoisotopic (exact) mass is 436 g/mol. The smallest absolute Gasteiger partial charge is 0.248 e. The molecule has 0 saturated heterocycles. The lowest BCUT2D eigenvalue weighted by Crippen LogP contribution is -2.23. The Morgan fingerprint density at radius 2 is 1.88 bits per heavy atom. The number of benzene rings is 2. The summed E-state index contributed by atoms with van der Waals surface area (Å²) in [5.41, 5.74) is 3.37. The molecule has 0 aliphatic rings. The van der Waals surface area contributed by atoms with Gasteiger partial charge in [-0.25, -0.2) is 4.39 Å². The van der Waals surface area contributed by atoms with E-state index < -0.39 is 6.10 Å². The molecule has 0 aliphatic carbocycles. The number of pyridine rings is 1. The molecule has 1 unspecified atom stereocenters. The van der Waals surface area contributed by atoms with Gasteiger partial charge in [-0.3, -0.25) is 4.79 Å². The van der Waals surface area contributed by atoms with Crippen molar-refractivity contribution in [2.45, 2.75) is 25.5 Å². The fraction of sp³-hybridized carbons (Fsp3) is 0.240. The molecule has 2 heterocycles. The fourth-order valence-electron chi connectivity index (χ4n) is 3.78. The largest absolute Gasteiger partial charge is 0.491 e. The van der Waals surface area contributed by atoms with Gasteiger partial charge in [-0.2, -0.15) is 0 Å².